The number of anilines is 1. The molecule has 2 aromatic carbocycles. The molecule has 0 radical (unpaired) electrons. The van der Waals surface area contributed by atoms with Gasteiger partial charge in [0.05, 0.1) is 24.2 Å². The Bertz CT molecular complexity index is 909. The Morgan fingerprint density at radius 1 is 0.958 bits per heavy atom. The molecule has 0 aliphatic rings. The minimum absolute atomic E-state index is 0.254. The molecule has 0 aliphatic carbocycles. The molecule has 3 aromatic rings. The van der Waals surface area contributed by atoms with Crippen molar-refractivity contribution < 1.29 is 9.53 Å². The van der Waals surface area contributed by atoms with Gasteiger partial charge < -0.3 is 10.1 Å². The quantitative estimate of drug-likeness (QED) is 0.734. The van der Waals surface area contributed by atoms with E-state index in [9.17, 15) is 9.59 Å². The van der Waals surface area contributed by atoms with Gasteiger partial charge in [0.25, 0.3) is 5.56 Å². The minimum atomic E-state index is -0.290. The number of hydrogen-bond donors (Lipinski definition) is 1. The average molecular weight is 323 g/mol. The van der Waals surface area contributed by atoms with Crippen LogP contribution in [0.2, 0.25) is 0 Å². The fraction of sp³-hybridized carbons (Fsp3) is 0.111. The van der Waals surface area contributed by atoms with Gasteiger partial charge in [-0.3, -0.25) is 9.59 Å². The third kappa shape index (κ3) is 2.58. The standard InChI is InChI=1S/C18H17N3O3/c1-13-17(19-12-22)18(23)21(14-6-4-3-5-7-14)20(13)15-8-10-16(24-2)11-9-15/h3-12H,1-2H3,(H,19,22). The van der Waals surface area contributed by atoms with Gasteiger partial charge in [0, 0.05) is 0 Å². The topological polar surface area (TPSA) is 65.3 Å². The first-order valence-corrected chi connectivity index (χ1v) is 7.42. The molecule has 0 saturated carbocycles. The number of methoxy groups -OCH3 is 1. The number of para-hydroxylation sites is 1. The average Bonchev–Trinajstić information content (AvgIpc) is 2.87. The number of rotatable bonds is 5. The van der Waals surface area contributed by atoms with Crippen LogP contribution in [-0.4, -0.2) is 22.9 Å². The van der Waals surface area contributed by atoms with Crippen LogP contribution in [0.4, 0.5) is 5.69 Å². The molecular weight excluding hydrogens is 306 g/mol. The van der Waals surface area contributed by atoms with Crippen LogP contribution < -0.4 is 15.6 Å². The number of ether oxygens (including phenoxy) is 1. The molecule has 3 rings (SSSR count). The fourth-order valence-electron chi connectivity index (χ4n) is 2.67. The molecule has 0 bridgehead atoms. The van der Waals surface area contributed by atoms with Crippen molar-refractivity contribution in [2.75, 3.05) is 12.4 Å². The summed E-state index contributed by atoms with van der Waals surface area (Å²) >= 11 is 0. The van der Waals surface area contributed by atoms with Crippen LogP contribution in [0.25, 0.3) is 11.4 Å². The maximum Gasteiger partial charge on any atom is 0.295 e. The van der Waals surface area contributed by atoms with E-state index in [1.165, 1.54) is 4.68 Å². The predicted molar refractivity (Wildman–Crippen MR) is 92.3 cm³/mol. The molecule has 6 nitrogen and oxygen atoms in total. The summed E-state index contributed by atoms with van der Waals surface area (Å²) in [6.45, 7) is 1.79. The first-order chi connectivity index (χ1) is 11.7. The second-order valence-corrected chi connectivity index (χ2v) is 5.18. The second kappa shape index (κ2) is 6.45. The minimum Gasteiger partial charge on any atom is -0.497 e. The maximum atomic E-state index is 12.8. The number of nitrogens with one attached hydrogen (secondary N) is 1. The van der Waals surface area contributed by atoms with E-state index in [4.69, 9.17) is 4.74 Å². The Hall–Kier alpha value is -3.28. The summed E-state index contributed by atoms with van der Waals surface area (Å²) in [6, 6.07) is 16.6. The van der Waals surface area contributed by atoms with Crippen molar-refractivity contribution in [3.8, 4) is 17.1 Å². The number of benzene rings is 2. The van der Waals surface area contributed by atoms with Gasteiger partial charge in [0.1, 0.15) is 11.4 Å². The van der Waals surface area contributed by atoms with E-state index in [0.29, 0.717) is 17.8 Å². The van der Waals surface area contributed by atoms with Crippen LogP contribution in [0, 0.1) is 6.92 Å². The van der Waals surface area contributed by atoms with Crippen LogP contribution in [0.1, 0.15) is 5.69 Å². The third-order valence-electron chi connectivity index (χ3n) is 3.81. The van der Waals surface area contributed by atoms with E-state index in [-0.39, 0.29) is 11.2 Å². The summed E-state index contributed by atoms with van der Waals surface area (Å²) in [7, 11) is 1.60. The van der Waals surface area contributed by atoms with E-state index in [1.54, 1.807) is 18.7 Å². The van der Waals surface area contributed by atoms with Crippen molar-refractivity contribution in [2.24, 2.45) is 0 Å². The van der Waals surface area contributed by atoms with Crippen molar-refractivity contribution in [3.63, 3.8) is 0 Å². The lowest BCUT2D eigenvalue weighted by Crippen LogP contribution is -2.21. The van der Waals surface area contributed by atoms with Gasteiger partial charge in [0.2, 0.25) is 6.41 Å². The largest absolute Gasteiger partial charge is 0.497 e. The van der Waals surface area contributed by atoms with E-state index in [1.807, 2.05) is 54.6 Å². The van der Waals surface area contributed by atoms with Gasteiger partial charge in [0.15, 0.2) is 0 Å². The van der Waals surface area contributed by atoms with Crippen LogP contribution in [0.5, 0.6) is 5.75 Å². The Kier molecular flexibility index (Phi) is 4.20. The molecule has 0 fully saturated rings. The van der Waals surface area contributed by atoms with E-state index in [2.05, 4.69) is 5.32 Å². The molecule has 0 aliphatic heterocycles. The molecule has 0 atom stereocenters. The normalized spacial score (nSPS) is 10.4. The highest BCUT2D eigenvalue weighted by molar-refractivity contribution is 5.73. The Morgan fingerprint density at radius 3 is 2.17 bits per heavy atom. The lowest BCUT2D eigenvalue weighted by Gasteiger charge is -2.14. The molecular formula is C18H17N3O3. The Morgan fingerprint density at radius 2 is 1.58 bits per heavy atom. The molecule has 1 heterocycles. The number of carbonyl (C=O) groups excluding carboxylic acids is 1. The van der Waals surface area contributed by atoms with E-state index >= 15 is 0 Å². The summed E-state index contributed by atoms with van der Waals surface area (Å²) in [5.74, 6) is 0.725. The van der Waals surface area contributed by atoms with E-state index < -0.39 is 0 Å². The highest BCUT2D eigenvalue weighted by Gasteiger charge is 2.19. The molecule has 1 amide bonds. The summed E-state index contributed by atoms with van der Waals surface area (Å²) < 4.78 is 8.48. The molecule has 6 heteroatoms. The first kappa shape index (κ1) is 15.6. The summed E-state index contributed by atoms with van der Waals surface area (Å²) in [5, 5.41) is 2.51. The fourth-order valence-corrected chi connectivity index (χ4v) is 2.67. The zero-order valence-corrected chi connectivity index (χ0v) is 13.4. The highest BCUT2D eigenvalue weighted by atomic mass is 16.5. The van der Waals surface area contributed by atoms with Gasteiger partial charge in [-0.05, 0) is 43.3 Å². The lowest BCUT2D eigenvalue weighted by atomic mass is 10.3. The molecule has 24 heavy (non-hydrogen) atoms. The number of nitrogens with zero attached hydrogens (tertiary/aromatic N) is 2. The summed E-state index contributed by atoms with van der Waals surface area (Å²) in [5.41, 5.74) is 2.10. The van der Waals surface area contributed by atoms with Gasteiger partial charge in [-0.1, -0.05) is 18.2 Å². The van der Waals surface area contributed by atoms with Gasteiger partial charge in [-0.15, -0.1) is 0 Å². The molecule has 0 spiro atoms. The third-order valence-corrected chi connectivity index (χ3v) is 3.81. The predicted octanol–water partition coefficient (Wildman–Crippen LogP) is 2.51. The van der Waals surface area contributed by atoms with E-state index in [0.717, 1.165) is 11.4 Å². The maximum absolute atomic E-state index is 12.8. The van der Waals surface area contributed by atoms with Gasteiger partial charge >= 0.3 is 0 Å². The Labute approximate surface area is 138 Å². The van der Waals surface area contributed by atoms with Crippen molar-refractivity contribution in [1.82, 2.24) is 9.36 Å². The lowest BCUT2D eigenvalue weighted by molar-refractivity contribution is -0.105. The van der Waals surface area contributed by atoms with Crippen molar-refractivity contribution in [1.29, 1.82) is 0 Å². The monoisotopic (exact) mass is 323 g/mol. The number of hydrogen-bond acceptors (Lipinski definition) is 3. The number of aromatic nitrogens is 2. The van der Waals surface area contributed by atoms with Crippen molar-refractivity contribution in [2.45, 2.75) is 6.92 Å². The van der Waals surface area contributed by atoms with Crippen LogP contribution in [0.3, 0.4) is 0 Å². The number of carbonyl (C=O) groups is 1. The second-order valence-electron chi connectivity index (χ2n) is 5.18. The zero-order chi connectivity index (χ0) is 17.1. The molecule has 0 saturated heterocycles. The Balaban J connectivity index is 2.28. The SMILES string of the molecule is COc1ccc(-n2c(C)c(NC=O)c(=O)n2-c2ccccc2)cc1. The van der Waals surface area contributed by atoms with Gasteiger partial charge in [-0.2, -0.15) is 0 Å². The van der Waals surface area contributed by atoms with Crippen LogP contribution >= 0.6 is 0 Å². The van der Waals surface area contributed by atoms with Gasteiger partial charge in [-0.25, -0.2) is 9.36 Å². The van der Waals surface area contributed by atoms with Crippen LogP contribution in [-0.2, 0) is 4.79 Å². The zero-order valence-electron chi connectivity index (χ0n) is 13.4. The number of amides is 1. The first-order valence-electron chi connectivity index (χ1n) is 7.42. The molecule has 1 N–H and O–H groups in total. The smallest absolute Gasteiger partial charge is 0.295 e. The summed E-state index contributed by atoms with van der Waals surface area (Å²) in [6.07, 6.45) is 0.511. The summed E-state index contributed by atoms with van der Waals surface area (Å²) in [4.78, 5) is 23.7. The van der Waals surface area contributed by atoms with Crippen molar-refractivity contribution in [3.05, 3.63) is 70.6 Å². The molecule has 122 valence electrons. The molecule has 0 unspecified atom stereocenters. The van der Waals surface area contributed by atoms with Crippen molar-refractivity contribution >= 4 is 12.1 Å². The van der Waals surface area contributed by atoms with Crippen LogP contribution in [0.15, 0.2) is 59.4 Å². The molecule has 1 aromatic heterocycles. The highest BCUT2D eigenvalue weighted by Crippen LogP contribution is 2.22.